The molecule has 0 radical (unpaired) electrons. The maximum Gasteiger partial charge on any atom is 0.113 e. The largest absolute Gasteiger partial charge is 0.464 e. The van der Waals surface area contributed by atoms with Crippen LogP contribution in [-0.2, 0) is 4.74 Å². The maximum atomic E-state index is 5.70. The summed E-state index contributed by atoms with van der Waals surface area (Å²) in [4.78, 5) is 0. The minimum Gasteiger partial charge on any atom is -0.464 e. The van der Waals surface area contributed by atoms with Gasteiger partial charge in [-0.1, -0.05) is 27.0 Å². The topological polar surface area (TPSA) is 61.3 Å². The van der Waals surface area contributed by atoms with E-state index in [-0.39, 0.29) is 12.1 Å². The summed E-state index contributed by atoms with van der Waals surface area (Å²) in [6.45, 7) is 11.4. The normalized spacial score (nSPS) is 14.8. The Morgan fingerprint density at radius 3 is 1.62 bits per heavy atom. The zero-order valence-corrected chi connectivity index (χ0v) is 8.55. The van der Waals surface area contributed by atoms with Gasteiger partial charge in [0.25, 0.3) is 0 Å². The molecule has 0 aliphatic rings. The molecule has 4 N–H and O–H groups in total. The maximum absolute atomic E-state index is 5.70. The summed E-state index contributed by atoms with van der Waals surface area (Å²) in [5.41, 5.74) is 11.4. The first-order valence-electron chi connectivity index (χ1n) is 4.59. The number of rotatable bonds is 6. The molecule has 13 heavy (non-hydrogen) atoms. The van der Waals surface area contributed by atoms with Crippen LogP contribution in [0, 0.1) is 0 Å². The van der Waals surface area contributed by atoms with Crippen LogP contribution in [0.5, 0.6) is 0 Å². The van der Waals surface area contributed by atoms with Gasteiger partial charge in [0.05, 0.1) is 12.1 Å². The first-order valence-corrected chi connectivity index (χ1v) is 4.59. The Kier molecular flexibility index (Phi) is 5.42. The highest BCUT2D eigenvalue weighted by molar-refractivity contribution is 5.04. The number of nitrogens with two attached hydrogens (primary N) is 2. The van der Waals surface area contributed by atoms with Gasteiger partial charge in [-0.2, -0.15) is 0 Å². The van der Waals surface area contributed by atoms with Crippen molar-refractivity contribution in [2.24, 2.45) is 11.5 Å². The van der Waals surface area contributed by atoms with Crippen molar-refractivity contribution in [1.29, 1.82) is 0 Å². The van der Waals surface area contributed by atoms with Crippen molar-refractivity contribution in [2.75, 3.05) is 0 Å². The molecule has 0 aliphatic carbocycles. The lowest BCUT2D eigenvalue weighted by molar-refractivity contribution is 0.254. The molecule has 0 amide bonds. The van der Waals surface area contributed by atoms with Crippen molar-refractivity contribution in [1.82, 2.24) is 0 Å². The van der Waals surface area contributed by atoms with Gasteiger partial charge in [-0.05, 0) is 12.8 Å². The van der Waals surface area contributed by atoms with E-state index >= 15 is 0 Å². The summed E-state index contributed by atoms with van der Waals surface area (Å²) >= 11 is 0. The number of hydrogen-bond donors (Lipinski definition) is 2. The smallest absolute Gasteiger partial charge is 0.113 e. The Bertz CT molecular complexity index is 169. The molecule has 0 spiro atoms. The summed E-state index contributed by atoms with van der Waals surface area (Å²) in [5, 5.41) is 0. The third-order valence-electron chi connectivity index (χ3n) is 1.97. The van der Waals surface area contributed by atoms with E-state index in [1.165, 1.54) is 0 Å². The summed E-state index contributed by atoms with van der Waals surface area (Å²) < 4.78 is 5.32. The Balaban J connectivity index is 3.99. The van der Waals surface area contributed by atoms with Crippen LogP contribution in [0.15, 0.2) is 24.7 Å². The monoisotopic (exact) mass is 184 g/mol. The molecule has 0 aliphatic heterocycles. The molecule has 0 rings (SSSR count). The van der Waals surface area contributed by atoms with Crippen LogP contribution in [0.4, 0.5) is 0 Å². The Labute approximate surface area is 80.4 Å². The van der Waals surface area contributed by atoms with Crippen molar-refractivity contribution in [3.05, 3.63) is 24.7 Å². The van der Waals surface area contributed by atoms with Gasteiger partial charge in [-0.25, -0.2) is 0 Å². The van der Waals surface area contributed by atoms with Gasteiger partial charge in [0.2, 0.25) is 0 Å². The molecular formula is C10H20N2O. The summed E-state index contributed by atoms with van der Waals surface area (Å²) in [6, 6.07) is -0.276. The second-order valence-electron chi connectivity index (χ2n) is 3.06. The average Bonchev–Trinajstić information content (AvgIpc) is 2.14. The fourth-order valence-corrected chi connectivity index (χ4v) is 0.775. The van der Waals surface area contributed by atoms with E-state index in [1.54, 1.807) is 0 Å². The highest BCUT2D eigenvalue weighted by Gasteiger charge is 2.11. The quantitative estimate of drug-likeness (QED) is 0.615. The first kappa shape index (κ1) is 12.2. The molecule has 0 aromatic heterocycles. The standard InChI is InChI=1S/C10H20N2O/c1-5-9(11)7(3)13-8(4)10(12)6-2/h9-10H,3-6,11-12H2,1-2H3. The zero-order chi connectivity index (χ0) is 10.4. The minimum absolute atomic E-state index is 0.138. The van der Waals surface area contributed by atoms with E-state index in [1.807, 2.05) is 13.8 Å². The lowest BCUT2D eigenvalue weighted by Gasteiger charge is -2.18. The lowest BCUT2D eigenvalue weighted by Crippen LogP contribution is -2.27. The molecule has 0 aromatic rings. The third kappa shape index (κ3) is 4.10. The van der Waals surface area contributed by atoms with E-state index in [0.717, 1.165) is 12.8 Å². The Morgan fingerprint density at radius 1 is 1.08 bits per heavy atom. The second kappa shape index (κ2) is 5.78. The van der Waals surface area contributed by atoms with Crippen molar-refractivity contribution in [3.63, 3.8) is 0 Å². The fraction of sp³-hybridized carbons (Fsp3) is 0.600. The zero-order valence-electron chi connectivity index (χ0n) is 8.55. The van der Waals surface area contributed by atoms with Crippen LogP contribution in [-0.4, -0.2) is 12.1 Å². The van der Waals surface area contributed by atoms with Crippen LogP contribution >= 0.6 is 0 Å². The molecule has 3 nitrogen and oxygen atoms in total. The third-order valence-corrected chi connectivity index (χ3v) is 1.97. The van der Waals surface area contributed by atoms with Crippen LogP contribution in [0.2, 0.25) is 0 Å². The predicted molar refractivity (Wildman–Crippen MR) is 55.9 cm³/mol. The summed E-state index contributed by atoms with van der Waals surface area (Å²) in [5.74, 6) is 1.08. The van der Waals surface area contributed by atoms with Gasteiger partial charge in [0, 0.05) is 0 Å². The van der Waals surface area contributed by atoms with Gasteiger partial charge in [0.15, 0.2) is 0 Å². The molecule has 0 saturated heterocycles. The van der Waals surface area contributed by atoms with E-state index in [4.69, 9.17) is 16.2 Å². The van der Waals surface area contributed by atoms with Gasteiger partial charge in [-0.3, -0.25) is 0 Å². The highest BCUT2D eigenvalue weighted by atomic mass is 16.5. The lowest BCUT2D eigenvalue weighted by atomic mass is 10.2. The second-order valence-corrected chi connectivity index (χ2v) is 3.06. The van der Waals surface area contributed by atoms with E-state index in [0.29, 0.717) is 11.5 Å². The molecule has 0 heterocycles. The van der Waals surface area contributed by atoms with Gasteiger partial charge in [-0.15, -0.1) is 0 Å². The van der Waals surface area contributed by atoms with Crippen molar-refractivity contribution in [3.8, 4) is 0 Å². The fourth-order valence-electron chi connectivity index (χ4n) is 0.775. The molecule has 2 atom stereocenters. The number of ether oxygens (including phenoxy) is 1. The first-order chi connectivity index (χ1) is 6.02. The summed E-state index contributed by atoms with van der Waals surface area (Å²) in [7, 11) is 0. The van der Waals surface area contributed by atoms with Crippen LogP contribution in [0.25, 0.3) is 0 Å². The van der Waals surface area contributed by atoms with Gasteiger partial charge in [0.1, 0.15) is 11.5 Å². The van der Waals surface area contributed by atoms with E-state index in [2.05, 4.69) is 13.2 Å². The molecule has 0 bridgehead atoms. The molecule has 0 aromatic carbocycles. The molecule has 0 saturated carbocycles. The van der Waals surface area contributed by atoms with Crippen molar-refractivity contribution < 1.29 is 4.74 Å². The molecule has 0 fully saturated rings. The van der Waals surface area contributed by atoms with Crippen LogP contribution in [0.1, 0.15) is 26.7 Å². The van der Waals surface area contributed by atoms with Gasteiger partial charge >= 0.3 is 0 Å². The van der Waals surface area contributed by atoms with E-state index < -0.39 is 0 Å². The minimum atomic E-state index is -0.138. The Morgan fingerprint density at radius 2 is 1.38 bits per heavy atom. The Hall–Kier alpha value is -0.800. The van der Waals surface area contributed by atoms with Crippen LogP contribution < -0.4 is 11.5 Å². The molecular weight excluding hydrogens is 164 g/mol. The average molecular weight is 184 g/mol. The molecule has 76 valence electrons. The van der Waals surface area contributed by atoms with Crippen molar-refractivity contribution in [2.45, 2.75) is 38.8 Å². The highest BCUT2D eigenvalue weighted by Crippen LogP contribution is 2.11. The molecule has 3 heteroatoms. The number of hydrogen-bond acceptors (Lipinski definition) is 3. The van der Waals surface area contributed by atoms with E-state index in [9.17, 15) is 0 Å². The SMILES string of the molecule is C=C(OC(=C)C(N)CC)C(N)CC. The summed E-state index contributed by atoms with van der Waals surface area (Å²) in [6.07, 6.45) is 1.60. The predicted octanol–water partition coefficient (Wildman–Crippen LogP) is 1.51. The van der Waals surface area contributed by atoms with Crippen LogP contribution in [0.3, 0.4) is 0 Å². The molecule has 2 unspecified atom stereocenters. The van der Waals surface area contributed by atoms with Gasteiger partial charge < -0.3 is 16.2 Å². The van der Waals surface area contributed by atoms with Crippen molar-refractivity contribution >= 4 is 0 Å².